The van der Waals surface area contributed by atoms with E-state index in [0.717, 1.165) is 12.1 Å². The highest BCUT2D eigenvalue weighted by Gasteiger charge is 2.37. The average Bonchev–Trinajstić information content (AvgIpc) is 3.78. The standard InChI is InChI=1S/C34H37F5N6O7/c1-2-10-51-21-6-7-22(24(17-21)34(37,38)39)26-18-29(52-44-26)31(33(47)40-8-11-48-13-15-50-16-14-49-12-9-46)45-20-28-27(19-41-45)42-32(43-28)23-4-3-5-25(35)30(23)36/h3-7,17-19,31,46H,2,8-16,20H2,1H3,(H,40,47)(H,42,43). The number of H-pyrrole nitrogens is 1. The SMILES string of the molecule is CCCOc1ccc(-c2cc(C(C(=O)NCCOCCOCCOCCO)N3Cc4nc(-c5cccc(F)c5F)[nH]c4C=N3)on2)c(C(F)(F)F)c1. The van der Waals surface area contributed by atoms with Crippen molar-refractivity contribution in [2.75, 3.05) is 59.4 Å². The maximum absolute atomic E-state index is 14.5. The molecule has 1 atom stereocenters. The zero-order valence-electron chi connectivity index (χ0n) is 28.0. The zero-order valence-corrected chi connectivity index (χ0v) is 28.0. The quantitative estimate of drug-likeness (QED) is 0.0897. The number of amides is 1. The Morgan fingerprint density at radius 1 is 1.02 bits per heavy atom. The summed E-state index contributed by atoms with van der Waals surface area (Å²) in [5.74, 6) is -2.86. The number of hydrogen-bond donors (Lipinski definition) is 3. The van der Waals surface area contributed by atoms with Crippen LogP contribution in [0.15, 0.2) is 52.1 Å². The lowest BCUT2D eigenvalue weighted by atomic mass is 10.0. The number of benzene rings is 2. The first-order valence-electron chi connectivity index (χ1n) is 16.4. The molecule has 0 bridgehead atoms. The lowest BCUT2D eigenvalue weighted by molar-refractivity contribution is -0.137. The van der Waals surface area contributed by atoms with Gasteiger partial charge in [0, 0.05) is 18.2 Å². The zero-order chi connectivity index (χ0) is 37.1. The first-order chi connectivity index (χ1) is 25.1. The van der Waals surface area contributed by atoms with Crippen LogP contribution in [-0.4, -0.2) is 96.8 Å². The molecule has 52 heavy (non-hydrogen) atoms. The van der Waals surface area contributed by atoms with Gasteiger partial charge in [0.05, 0.1) is 88.1 Å². The first kappa shape index (κ1) is 38.3. The minimum Gasteiger partial charge on any atom is -0.494 e. The van der Waals surface area contributed by atoms with Crippen LogP contribution in [0.1, 0.15) is 42.1 Å². The molecule has 18 heteroatoms. The first-order valence-corrected chi connectivity index (χ1v) is 16.4. The number of aromatic amines is 1. The summed E-state index contributed by atoms with van der Waals surface area (Å²) in [6.45, 7) is 3.33. The van der Waals surface area contributed by atoms with Crippen LogP contribution >= 0.6 is 0 Å². The van der Waals surface area contributed by atoms with Gasteiger partial charge in [0.1, 0.15) is 17.3 Å². The molecular weight excluding hydrogens is 699 g/mol. The van der Waals surface area contributed by atoms with Crippen molar-refractivity contribution in [3.05, 3.63) is 76.8 Å². The van der Waals surface area contributed by atoms with Gasteiger partial charge < -0.3 is 38.9 Å². The third-order valence-corrected chi connectivity index (χ3v) is 7.58. The number of nitrogens with zero attached hydrogens (tertiary/aromatic N) is 4. The molecular formula is C34H37F5N6O7. The average molecular weight is 737 g/mol. The number of hydrazone groups is 1. The molecule has 5 rings (SSSR count). The molecule has 4 aromatic rings. The fraction of sp³-hybridized carbons (Fsp3) is 0.412. The molecule has 3 heterocycles. The monoisotopic (exact) mass is 736 g/mol. The Balaban J connectivity index is 1.34. The third kappa shape index (κ3) is 9.69. The van der Waals surface area contributed by atoms with E-state index in [4.69, 9.17) is 28.6 Å². The fourth-order valence-corrected chi connectivity index (χ4v) is 5.15. The molecule has 2 aromatic heterocycles. The number of ether oxygens (including phenoxy) is 4. The normalized spacial score (nSPS) is 13.3. The summed E-state index contributed by atoms with van der Waals surface area (Å²) in [4.78, 5) is 21.0. The molecule has 1 aliphatic rings. The number of aromatic nitrogens is 3. The van der Waals surface area contributed by atoms with Gasteiger partial charge in [-0.1, -0.05) is 18.1 Å². The summed E-state index contributed by atoms with van der Waals surface area (Å²) in [5, 5.41) is 21.0. The van der Waals surface area contributed by atoms with Crippen molar-refractivity contribution in [3.63, 3.8) is 0 Å². The minimum atomic E-state index is -4.76. The summed E-state index contributed by atoms with van der Waals surface area (Å²) in [6, 6.07) is 7.03. The summed E-state index contributed by atoms with van der Waals surface area (Å²) in [5.41, 5.74) is -0.885. The van der Waals surface area contributed by atoms with Gasteiger partial charge in [0.15, 0.2) is 23.4 Å². The smallest absolute Gasteiger partial charge is 0.417 e. The Labute approximate surface area is 294 Å². The second-order valence-corrected chi connectivity index (χ2v) is 11.3. The van der Waals surface area contributed by atoms with Crippen LogP contribution in [0.5, 0.6) is 5.75 Å². The van der Waals surface area contributed by atoms with Crippen molar-refractivity contribution in [1.82, 2.24) is 25.5 Å². The van der Waals surface area contributed by atoms with E-state index in [0.29, 0.717) is 31.0 Å². The summed E-state index contributed by atoms with van der Waals surface area (Å²) >= 11 is 0. The van der Waals surface area contributed by atoms with Crippen molar-refractivity contribution in [1.29, 1.82) is 0 Å². The van der Waals surface area contributed by atoms with Gasteiger partial charge in [-0.2, -0.15) is 18.3 Å². The molecule has 13 nitrogen and oxygen atoms in total. The second-order valence-electron chi connectivity index (χ2n) is 11.3. The Morgan fingerprint density at radius 2 is 1.77 bits per heavy atom. The Hall–Kier alpha value is -4.91. The number of aliphatic hydroxyl groups excluding tert-OH is 1. The molecule has 1 aliphatic heterocycles. The minimum absolute atomic E-state index is 0.0307. The van der Waals surface area contributed by atoms with E-state index in [1.807, 2.05) is 6.92 Å². The highest BCUT2D eigenvalue weighted by atomic mass is 19.4. The Bertz CT molecular complexity index is 1820. The lowest BCUT2D eigenvalue weighted by Gasteiger charge is -2.28. The summed E-state index contributed by atoms with van der Waals surface area (Å²) in [6.07, 6.45) is -2.83. The van der Waals surface area contributed by atoms with E-state index in [2.05, 4.69) is 25.5 Å². The molecule has 0 radical (unpaired) electrons. The number of carbonyl (C=O) groups is 1. The van der Waals surface area contributed by atoms with Crippen LogP contribution in [0, 0.1) is 11.6 Å². The van der Waals surface area contributed by atoms with E-state index in [-0.39, 0.29) is 86.9 Å². The van der Waals surface area contributed by atoms with Crippen LogP contribution < -0.4 is 10.1 Å². The second kappa shape index (κ2) is 18.0. The van der Waals surface area contributed by atoms with Crippen LogP contribution in [0.4, 0.5) is 22.0 Å². The van der Waals surface area contributed by atoms with E-state index in [1.165, 1.54) is 41.6 Å². The van der Waals surface area contributed by atoms with E-state index in [1.54, 1.807) is 0 Å². The number of halogens is 5. The van der Waals surface area contributed by atoms with Crippen molar-refractivity contribution in [2.45, 2.75) is 32.1 Å². The van der Waals surface area contributed by atoms with Crippen LogP contribution in [0.25, 0.3) is 22.6 Å². The molecule has 1 amide bonds. The third-order valence-electron chi connectivity index (χ3n) is 7.58. The van der Waals surface area contributed by atoms with Gasteiger partial charge in [-0.15, -0.1) is 0 Å². The maximum atomic E-state index is 14.5. The number of carbonyl (C=O) groups excluding carboxylic acids is 1. The predicted octanol–water partition coefficient (Wildman–Crippen LogP) is 4.87. The number of imidazole rings is 1. The molecule has 3 N–H and O–H groups in total. The topological polar surface area (TPSA) is 157 Å². The number of rotatable bonds is 19. The number of nitrogens with one attached hydrogen (secondary N) is 2. The van der Waals surface area contributed by atoms with E-state index >= 15 is 0 Å². The molecule has 1 unspecified atom stereocenters. The highest BCUT2D eigenvalue weighted by Crippen LogP contribution is 2.40. The van der Waals surface area contributed by atoms with Gasteiger partial charge in [-0.25, -0.2) is 13.8 Å². The molecule has 0 saturated carbocycles. The molecule has 0 spiro atoms. The van der Waals surface area contributed by atoms with E-state index in [9.17, 15) is 26.7 Å². The van der Waals surface area contributed by atoms with Crippen molar-refractivity contribution in [3.8, 4) is 28.4 Å². The Morgan fingerprint density at radius 3 is 2.50 bits per heavy atom. The molecule has 280 valence electrons. The van der Waals surface area contributed by atoms with Crippen molar-refractivity contribution >= 4 is 12.1 Å². The molecule has 0 aliphatic carbocycles. The molecule has 0 saturated heterocycles. The van der Waals surface area contributed by atoms with Crippen LogP contribution in [0.2, 0.25) is 0 Å². The number of hydrogen-bond acceptors (Lipinski definition) is 11. The number of fused-ring (bicyclic) bond motifs is 1. The lowest BCUT2D eigenvalue weighted by Crippen LogP contribution is -2.40. The van der Waals surface area contributed by atoms with Crippen LogP contribution in [-0.2, 0) is 31.7 Å². The maximum Gasteiger partial charge on any atom is 0.417 e. The number of aliphatic hydroxyl groups is 1. The van der Waals surface area contributed by atoms with Gasteiger partial charge >= 0.3 is 6.18 Å². The predicted molar refractivity (Wildman–Crippen MR) is 175 cm³/mol. The Kier molecular flexibility index (Phi) is 13.3. The fourth-order valence-electron chi connectivity index (χ4n) is 5.15. The van der Waals surface area contributed by atoms with Gasteiger partial charge in [0.2, 0.25) is 0 Å². The highest BCUT2D eigenvalue weighted by molar-refractivity contribution is 5.85. The summed E-state index contributed by atoms with van der Waals surface area (Å²) in [7, 11) is 0. The van der Waals surface area contributed by atoms with Gasteiger partial charge in [-0.3, -0.25) is 9.80 Å². The van der Waals surface area contributed by atoms with Gasteiger partial charge in [0.25, 0.3) is 5.91 Å². The van der Waals surface area contributed by atoms with Crippen molar-refractivity contribution in [2.24, 2.45) is 5.10 Å². The van der Waals surface area contributed by atoms with Gasteiger partial charge in [-0.05, 0) is 36.8 Å². The molecule has 2 aromatic carbocycles. The number of alkyl halides is 3. The van der Waals surface area contributed by atoms with E-state index < -0.39 is 35.3 Å². The van der Waals surface area contributed by atoms with Crippen LogP contribution in [0.3, 0.4) is 0 Å². The molecule has 0 fully saturated rings. The summed E-state index contributed by atoms with van der Waals surface area (Å²) < 4.78 is 97.9. The largest absolute Gasteiger partial charge is 0.494 e. The van der Waals surface area contributed by atoms with Crippen molar-refractivity contribution < 1.29 is 55.3 Å².